The van der Waals surface area contributed by atoms with Gasteiger partial charge in [-0.2, -0.15) is 4.31 Å². The number of aryl methyl sites for hydroxylation is 2. The van der Waals surface area contributed by atoms with Crippen molar-refractivity contribution in [3.63, 3.8) is 0 Å². The number of aromatic nitrogens is 1. The van der Waals surface area contributed by atoms with Gasteiger partial charge in [-0.15, -0.1) is 0 Å². The van der Waals surface area contributed by atoms with Crippen molar-refractivity contribution >= 4 is 15.9 Å². The van der Waals surface area contributed by atoms with E-state index in [1.165, 1.54) is 9.21 Å². The molecule has 2 heterocycles. The van der Waals surface area contributed by atoms with Crippen LogP contribution in [0, 0.1) is 13.8 Å². The fourth-order valence-corrected chi connectivity index (χ4v) is 4.15. The molecule has 8 nitrogen and oxygen atoms in total. The van der Waals surface area contributed by atoms with Crippen LogP contribution in [0.4, 0.5) is 0 Å². The number of hydrogen-bond donors (Lipinski definition) is 0. The average Bonchev–Trinajstić information content (AvgIpc) is 2.79. The van der Waals surface area contributed by atoms with Crippen molar-refractivity contribution in [2.24, 2.45) is 0 Å². The molecule has 0 N–H and O–H groups in total. The van der Waals surface area contributed by atoms with Crippen LogP contribution in [0.2, 0.25) is 0 Å². The molecule has 0 aromatic carbocycles. The molecular weight excluding hydrogens is 308 g/mol. The van der Waals surface area contributed by atoms with Gasteiger partial charge in [-0.25, -0.2) is 8.42 Å². The third-order valence-corrected chi connectivity index (χ3v) is 5.90. The third-order valence-electron chi connectivity index (χ3n) is 3.75. The molecule has 22 heavy (non-hydrogen) atoms. The summed E-state index contributed by atoms with van der Waals surface area (Å²) in [5, 5.41) is 3.71. The Hall–Kier alpha value is -1.45. The van der Waals surface area contributed by atoms with Crippen LogP contribution >= 0.6 is 0 Å². The quantitative estimate of drug-likeness (QED) is 0.752. The first-order chi connectivity index (χ1) is 10.2. The molecular formula is C13H22N4O4S. The predicted molar refractivity (Wildman–Crippen MR) is 79.9 cm³/mol. The van der Waals surface area contributed by atoms with Crippen LogP contribution in [0.15, 0.2) is 9.42 Å². The molecule has 1 aliphatic rings. The number of sulfonamides is 1. The maximum Gasteiger partial charge on any atom is 0.248 e. The minimum Gasteiger partial charge on any atom is -0.360 e. The van der Waals surface area contributed by atoms with Gasteiger partial charge in [0.1, 0.15) is 10.6 Å². The Balaban J connectivity index is 2.04. The normalized spacial score (nSPS) is 17.6. The number of carbonyl (C=O) groups excluding carboxylic acids is 1. The van der Waals surface area contributed by atoms with Crippen LogP contribution in [-0.4, -0.2) is 80.4 Å². The Kier molecular flexibility index (Phi) is 4.88. The Bertz CT molecular complexity index is 625. The van der Waals surface area contributed by atoms with Gasteiger partial charge in [0.25, 0.3) is 0 Å². The van der Waals surface area contributed by atoms with Gasteiger partial charge in [0.15, 0.2) is 5.76 Å². The summed E-state index contributed by atoms with van der Waals surface area (Å²) in [6, 6.07) is 0. The molecule has 1 aliphatic heterocycles. The van der Waals surface area contributed by atoms with Crippen LogP contribution in [0.3, 0.4) is 0 Å². The molecule has 124 valence electrons. The topological polar surface area (TPSA) is 87.0 Å². The largest absolute Gasteiger partial charge is 0.360 e. The lowest BCUT2D eigenvalue weighted by atomic mass is 10.3. The number of nitrogens with zero attached hydrogens (tertiary/aromatic N) is 4. The molecule has 0 atom stereocenters. The van der Waals surface area contributed by atoms with E-state index in [4.69, 9.17) is 4.52 Å². The van der Waals surface area contributed by atoms with Crippen molar-refractivity contribution in [1.29, 1.82) is 0 Å². The lowest BCUT2D eigenvalue weighted by Gasteiger charge is -2.33. The SMILES string of the molecule is Cc1noc(C)c1S(=O)(=O)N1CCN(CC(=O)N(C)C)CC1. The number of likely N-dealkylation sites (N-methyl/N-ethyl adjacent to an activating group) is 1. The summed E-state index contributed by atoms with van der Waals surface area (Å²) in [6.07, 6.45) is 0. The summed E-state index contributed by atoms with van der Waals surface area (Å²) in [6.45, 7) is 5.30. The third kappa shape index (κ3) is 3.31. The Labute approximate surface area is 130 Å². The maximum absolute atomic E-state index is 12.7. The second kappa shape index (κ2) is 6.35. The lowest BCUT2D eigenvalue weighted by Crippen LogP contribution is -2.51. The van der Waals surface area contributed by atoms with E-state index in [1.54, 1.807) is 27.9 Å². The summed E-state index contributed by atoms with van der Waals surface area (Å²) in [5.74, 6) is 0.324. The van der Waals surface area contributed by atoms with E-state index in [2.05, 4.69) is 5.16 Å². The fraction of sp³-hybridized carbons (Fsp3) is 0.692. The van der Waals surface area contributed by atoms with Crippen molar-refractivity contribution in [3.05, 3.63) is 11.5 Å². The van der Waals surface area contributed by atoms with E-state index in [1.807, 2.05) is 4.90 Å². The van der Waals surface area contributed by atoms with Crippen LogP contribution < -0.4 is 0 Å². The van der Waals surface area contributed by atoms with Crippen LogP contribution in [-0.2, 0) is 14.8 Å². The molecule has 1 fully saturated rings. The second-order valence-electron chi connectivity index (χ2n) is 5.62. The van der Waals surface area contributed by atoms with Crippen LogP contribution in [0.25, 0.3) is 0 Å². The van der Waals surface area contributed by atoms with Crippen molar-refractivity contribution < 1.29 is 17.7 Å². The van der Waals surface area contributed by atoms with E-state index in [0.717, 1.165) is 0 Å². The van der Waals surface area contributed by atoms with Gasteiger partial charge in [-0.3, -0.25) is 9.69 Å². The number of carbonyl (C=O) groups is 1. The monoisotopic (exact) mass is 330 g/mol. The van der Waals surface area contributed by atoms with Crippen molar-refractivity contribution in [2.75, 3.05) is 46.8 Å². The molecule has 1 saturated heterocycles. The number of rotatable bonds is 4. The van der Waals surface area contributed by atoms with E-state index in [9.17, 15) is 13.2 Å². The summed E-state index contributed by atoms with van der Waals surface area (Å²) in [7, 11) is -0.176. The molecule has 0 radical (unpaired) electrons. The molecule has 0 unspecified atom stereocenters. The summed E-state index contributed by atoms with van der Waals surface area (Å²) >= 11 is 0. The fourth-order valence-electron chi connectivity index (χ4n) is 2.43. The Morgan fingerprint density at radius 1 is 1.23 bits per heavy atom. The van der Waals surface area contributed by atoms with E-state index >= 15 is 0 Å². The van der Waals surface area contributed by atoms with Crippen LogP contribution in [0.1, 0.15) is 11.5 Å². The smallest absolute Gasteiger partial charge is 0.248 e. The van der Waals surface area contributed by atoms with Crippen molar-refractivity contribution in [1.82, 2.24) is 19.3 Å². The summed E-state index contributed by atoms with van der Waals surface area (Å²) in [5.41, 5.74) is 0.378. The highest BCUT2D eigenvalue weighted by molar-refractivity contribution is 7.89. The first-order valence-corrected chi connectivity index (χ1v) is 8.53. The zero-order valence-electron chi connectivity index (χ0n) is 13.4. The van der Waals surface area contributed by atoms with Gasteiger partial charge in [-0.1, -0.05) is 5.16 Å². The van der Waals surface area contributed by atoms with E-state index < -0.39 is 10.0 Å². The molecule has 1 aromatic heterocycles. The highest BCUT2D eigenvalue weighted by Crippen LogP contribution is 2.24. The molecule has 2 rings (SSSR count). The van der Waals surface area contributed by atoms with Gasteiger partial charge in [0.05, 0.1) is 6.54 Å². The zero-order chi connectivity index (χ0) is 16.5. The molecule has 0 spiro atoms. The molecule has 1 amide bonds. The summed E-state index contributed by atoms with van der Waals surface area (Å²) < 4.78 is 31.7. The Morgan fingerprint density at radius 2 is 1.82 bits per heavy atom. The number of amides is 1. The van der Waals surface area contributed by atoms with Gasteiger partial charge < -0.3 is 9.42 Å². The molecule has 0 bridgehead atoms. The maximum atomic E-state index is 12.7. The zero-order valence-corrected chi connectivity index (χ0v) is 14.2. The molecule has 1 aromatic rings. The van der Waals surface area contributed by atoms with Gasteiger partial charge >= 0.3 is 0 Å². The first-order valence-electron chi connectivity index (χ1n) is 7.09. The van der Waals surface area contributed by atoms with E-state index in [0.29, 0.717) is 44.2 Å². The average molecular weight is 330 g/mol. The predicted octanol–water partition coefficient (Wildman–Crippen LogP) is -0.314. The second-order valence-corrected chi connectivity index (χ2v) is 7.50. The van der Waals surface area contributed by atoms with Gasteiger partial charge in [-0.05, 0) is 13.8 Å². The van der Waals surface area contributed by atoms with Gasteiger partial charge in [0.2, 0.25) is 15.9 Å². The molecule has 0 aliphatic carbocycles. The molecule has 9 heteroatoms. The highest BCUT2D eigenvalue weighted by atomic mass is 32.2. The molecule has 0 saturated carbocycles. The number of hydrogen-bond acceptors (Lipinski definition) is 6. The Morgan fingerprint density at radius 3 is 2.27 bits per heavy atom. The van der Waals surface area contributed by atoms with Crippen LogP contribution in [0.5, 0.6) is 0 Å². The summed E-state index contributed by atoms with van der Waals surface area (Å²) in [4.78, 5) is 15.3. The first kappa shape index (κ1) is 16.9. The lowest BCUT2D eigenvalue weighted by molar-refractivity contribution is -0.130. The van der Waals surface area contributed by atoms with Crippen molar-refractivity contribution in [2.45, 2.75) is 18.7 Å². The number of piperazine rings is 1. The van der Waals surface area contributed by atoms with Gasteiger partial charge in [0, 0.05) is 40.3 Å². The minimum atomic E-state index is -3.59. The standard InChI is InChI=1S/C13H22N4O4S/c1-10-13(11(2)21-14-10)22(19,20)17-7-5-16(6-8-17)9-12(18)15(3)4/h5-9H2,1-4H3. The minimum absolute atomic E-state index is 0.0158. The van der Waals surface area contributed by atoms with E-state index in [-0.39, 0.29) is 10.8 Å². The van der Waals surface area contributed by atoms with Crippen molar-refractivity contribution in [3.8, 4) is 0 Å². The highest BCUT2D eigenvalue weighted by Gasteiger charge is 2.33.